The maximum absolute atomic E-state index is 12.9. The Hall–Kier alpha value is -6.62. The van der Waals surface area contributed by atoms with Gasteiger partial charge in [-0.1, -0.05) is 84.4 Å². The molecule has 0 saturated heterocycles. The lowest BCUT2D eigenvalue weighted by molar-refractivity contribution is -0.136. The number of hydrogen-bond acceptors (Lipinski definition) is 7. The van der Waals surface area contributed by atoms with Crippen LogP contribution in [0.3, 0.4) is 0 Å². The highest BCUT2D eigenvalue weighted by Gasteiger charge is 2.32. The second-order valence-electron chi connectivity index (χ2n) is 11.8. The third kappa shape index (κ3) is 7.52. The Kier molecular flexibility index (Phi) is 10.3. The molecular formula is C40H37N5O6. The zero-order valence-electron chi connectivity index (χ0n) is 28.6. The third-order valence-electron chi connectivity index (χ3n) is 8.39. The van der Waals surface area contributed by atoms with E-state index in [0.29, 0.717) is 17.0 Å². The normalized spacial score (nSPS) is 14.1. The van der Waals surface area contributed by atoms with Gasteiger partial charge in [-0.15, -0.1) is 0 Å². The number of aryl methyl sites for hydroxylation is 1. The number of amides is 3. The summed E-state index contributed by atoms with van der Waals surface area (Å²) in [6.07, 6.45) is 1.63. The van der Waals surface area contributed by atoms with Gasteiger partial charge in [-0.3, -0.25) is 4.79 Å². The maximum Gasteiger partial charge on any atom is 0.337 e. The van der Waals surface area contributed by atoms with Crippen LogP contribution in [0.15, 0.2) is 126 Å². The first-order chi connectivity index (χ1) is 24.8. The fraction of sp³-hybridized carbons (Fsp3) is 0.150. The van der Waals surface area contributed by atoms with Gasteiger partial charge in [0.2, 0.25) is 0 Å². The molecule has 1 aromatic heterocycles. The van der Waals surface area contributed by atoms with Crippen LogP contribution in [0.25, 0.3) is 28.2 Å². The van der Waals surface area contributed by atoms with Crippen LogP contribution in [0.2, 0.25) is 0 Å². The number of hydrazone groups is 1. The van der Waals surface area contributed by atoms with Crippen molar-refractivity contribution in [3.05, 3.63) is 137 Å². The van der Waals surface area contributed by atoms with Crippen molar-refractivity contribution in [3.63, 3.8) is 0 Å². The van der Waals surface area contributed by atoms with Crippen molar-refractivity contribution in [2.75, 3.05) is 20.8 Å². The minimum atomic E-state index is -0.782. The van der Waals surface area contributed by atoms with E-state index in [9.17, 15) is 14.4 Å². The molecule has 11 heteroatoms. The number of benzene rings is 4. The summed E-state index contributed by atoms with van der Waals surface area (Å²) in [5.74, 6) is -0.482. The molecule has 51 heavy (non-hydrogen) atoms. The molecule has 2 heterocycles. The minimum Gasteiger partial charge on any atom is -0.493 e. The minimum absolute atomic E-state index is 0.255. The van der Waals surface area contributed by atoms with Crippen molar-refractivity contribution in [1.29, 1.82) is 0 Å². The van der Waals surface area contributed by atoms with Crippen molar-refractivity contribution in [2.45, 2.75) is 19.9 Å². The van der Waals surface area contributed by atoms with Gasteiger partial charge < -0.3 is 29.4 Å². The molecule has 3 N–H and O–H groups in total. The number of esters is 1. The largest absolute Gasteiger partial charge is 0.493 e. The van der Waals surface area contributed by atoms with Crippen molar-refractivity contribution >= 4 is 24.1 Å². The number of rotatable bonds is 11. The Bertz CT molecular complexity index is 2120. The molecule has 1 aliphatic rings. The predicted molar refractivity (Wildman–Crippen MR) is 195 cm³/mol. The lowest BCUT2D eigenvalue weighted by Crippen LogP contribution is -2.45. The average Bonchev–Trinajstić information content (AvgIpc) is 3.53. The average molecular weight is 684 g/mol. The standard InChI is InChI=1S/C40H37N5O6/c1-25-15-18-31(19-16-25)45-32(27-11-7-5-8-12-27)21-30(38(45)28-13-9-6-10-14-28)23-41-44-35(46)24-51-33-20-17-29(22-34(33)49-3)37-36(39(47)50-4)26(2)42-40(48)43-37/h5-23,37H,24H2,1-4H3,(H,44,46)(H2,42,43,48)/b41-23-/t37-/m0/s1. The summed E-state index contributed by atoms with van der Waals surface area (Å²) in [5.41, 5.74) is 10.6. The van der Waals surface area contributed by atoms with Crippen LogP contribution < -0.4 is 25.5 Å². The Morgan fingerprint density at radius 3 is 2.22 bits per heavy atom. The summed E-state index contributed by atoms with van der Waals surface area (Å²) in [7, 11) is 2.73. The second kappa shape index (κ2) is 15.3. The highest BCUT2D eigenvalue weighted by molar-refractivity contribution is 5.95. The number of nitrogens with one attached hydrogen (secondary N) is 3. The van der Waals surface area contributed by atoms with Crippen molar-refractivity contribution in [2.24, 2.45) is 5.10 Å². The smallest absolute Gasteiger partial charge is 0.337 e. The number of hydrogen-bond donors (Lipinski definition) is 3. The topological polar surface area (TPSA) is 132 Å². The number of aromatic nitrogens is 1. The molecular weight excluding hydrogens is 646 g/mol. The molecule has 5 aromatic rings. The van der Waals surface area contributed by atoms with E-state index in [1.807, 2.05) is 48.5 Å². The quantitative estimate of drug-likeness (QED) is 0.0832. The Morgan fingerprint density at radius 2 is 1.55 bits per heavy atom. The second-order valence-corrected chi connectivity index (χ2v) is 11.8. The van der Waals surface area contributed by atoms with Crippen LogP contribution in [0.5, 0.6) is 11.5 Å². The summed E-state index contributed by atoms with van der Waals surface area (Å²) in [4.78, 5) is 37.7. The zero-order valence-corrected chi connectivity index (χ0v) is 28.6. The molecule has 1 atom stereocenters. The van der Waals surface area contributed by atoms with Gasteiger partial charge in [-0.25, -0.2) is 15.0 Å². The summed E-state index contributed by atoms with van der Waals surface area (Å²) < 4.78 is 18.5. The molecule has 0 bridgehead atoms. The van der Waals surface area contributed by atoms with Crippen LogP contribution in [0.1, 0.15) is 29.7 Å². The van der Waals surface area contributed by atoms with Crippen LogP contribution in [-0.2, 0) is 14.3 Å². The van der Waals surface area contributed by atoms with Crippen molar-refractivity contribution in [1.82, 2.24) is 20.6 Å². The first-order valence-corrected chi connectivity index (χ1v) is 16.2. The fourth-order valence-electron chi connectivity index (χ4n) is 5.96. The van der Waals surface area contributed by atoms with Gasteiger partial charge in [0.15, 0.2) is 18.1 Å². The molecule has 1 aliphatic heterocycles. The van der Waals surface area contributed by atoms with Gasteiger partial charge in [0.1, 0.15) is 0 Å². The number of carbonyl (C=O) groups excluding carboxylic acids is 3. The van der Waals surface area contributed by atoms with Gasteiger partial charge in [0, 0.05) is 16.9 Å². The summed E-state index contributed by atoms with van der Waals surface area (Å²) in [5, 5.41) is 9.65. The molecule has 0 saturated carbocycles. The van der Waals surface area contributed by atoms with E-state index in [1.165, 1.54) is 14.2 Å². The van der Waals surface area contributed by atoms with Gasteiger partial charge in [0.25, 0.3) is 5.91 Å². The van der Waals surface area contributed by atoms with Crippen LogP contribution >= 0.6 is 0 Å². The molecule has 0 fully saturated rings. The molecule has 0 aliphatic carbocycles. The summed E-state index contributed by atoms with van der Waals surface area (Å²) in [6, 6.07) is 34.2. The van der Waals surface area contributed by atoms with Gasteiger partial charge >= 0.3 is 12.0 Å². The highest BCUT2D eigenvalue weighted by Crippen LogP contribution is 2.36. The fourth-order valence-corrected chi connectivity index (χ4v) is 5.96. The van der Waals surface area contributed by atoms with E-state index in [2.05, 4.69) is 75.1 Å². The first-order valence-electron chi connectivity index (χ1n) is 16.2. The van der Waals surface area contributed by atoms with E-state index in [4.69, 9.17) is 14.2 Å². The lowest BCUT2D eigenvalue weighted by atomic mass is 9.95. The van der Waals surface area contributed by atoms with Crippen LogP contribution in [0.4, 0.5) is 4.79 Å². The number of urea groups is 1. The number of methoxy groups -OCH3 is 2. The third-order valence-corrected chi connectivity index (χ3v) is 8.39. The lowest BCUT2D eigenvalue weighted by Gasteiger charge is -2.28. The zero-order chi connectivity index (χ0) is 35.9. The van der Waals surface area contributed by atoms with E-state index >= 15 is 0 Å². The number of nitrogens with zero attached hydrogens (tertiary/aromatic N) is 2. The van der Waals surface area contributed by atoms with Gasteiger partial charge in [-0.2, -0.15) is 5.10 Å². The molecule has 258 valence electrons. The molecule has 4 aromatic carbocycles. The SMILES string of the molecule is COC(=O)C1=C(C)NC(=O)N[C@H]1c1ccc(OCC(=O)N/N=C\c2cc(-c3ccccc3)n(-c3ccc(C)cc3)c2-c2ccccc2)c(OC)c1. The first kappa shape index (κ1) is 34.3. The predicted octanol–water partition coefficient (Wildman–Crippen LogP) is 6.46. The van der Waals surface area contributed by atoms with E-state index in [-0.39, 0.29) is 17.9 Å². The number of carbonyl (C=O) groups is 3. The highest BCUT2D eigenvalue weighted by atomic mass is 16.5. The Labute approximate surface area is 295 Å². The van der Waals surface area contributed by atoms with Gasteiger partial charge in [0.05, 0.1) is 43.4 Å². The van der Waals surface area contributed by atoms with E-state index in [0.717, 1.165) is 39.3 Å². The Morgan fingerprint density at radius 1 is 0.863 bits per heavy atom. The monoisotopic (exact) mass is 683 g/mol. The maximum atomic E-state index is 12.9. The Balaban J connectivity index is 1.23. The van der Waals surface area contributed by atoms with Crippen LogP contribution in [-0.4, -0.2) is 49.5 Å². The van der Waals surface area contributed by atoms with E-state index < -0.39 is 23.9 Å². The summed E-state index contributed by atoms with van der Waals surface area (Å²) in [6.45, 7) is 3.33. The van der Waals surface area contributed by atoms with Gasteiger partial charge in [-0.05, 0) is 60.9 Å². The van der Waals surface area contributed by atoms with E-state index in [1.54, 1.807) is 31.3 Å². The molecule has 6 rings (SSSR count). The van der Waals surface area contributed by atoms with Crippen LogP contribution in [0, 0.1) is 6.92 Å². The van der Waals surface area contributed by atoms with Crippen molar-refractivity contribution < 1.29 is 28.6 Å². The van der Waals surface area contributed by atoms with Crippen molar-refractivity contribution in [3.8, 4) is 39.7 Å². The number of allylic oxidation sites excluding steroid dienone is 1. The molecule has 0 spiro atoms. The molecule has 11 nitrogen and oxygen atoms in total. The molecule has 0 radical (unpaired) electrons. The summed E-state index contributed by atoms with van der Waals surface area (Å²) >= 11 is 0. The molecule has 0 unspecified atom stereocenters. The number of ether oxygens (including phenoxy) is 3. The molecule has 3 amide bonds.